The average molecular weight is 234 g/mol. The number of rotatable bonds is 4. The van der Waals surface area contributed by atoms with E-state index >= 15 is 0 Å². The number of nitrogens with two attached hydrogens (primary N) is 1. The molecule has 0 radical (unpaired) electrons. The molecule has 0 bridgehead atoms. The van der Waals surface area contributed by atoms with Crippen LogP contribution in [0.1, 0.15) is 44.4 Å². The van der Waals surface area contributed by atoms with Crippen LogP contribution in [0.3, 0.4) is 0 Å². The van der Waals surface area contributed by atoms with E-state index in [9.17, 15) is 0 Å². The quantitative estimate of drug-likeness (QED) is 0.868. The normalized spacial score (nSPS) is 14.1. The van der Waals surface area contributed by atoms with Gasteiger partial charge in [-0.1, -0.05) is 45.0 Å². The molecule has 0 aromatic heterocycles. The third kappa shape index (κ3) is 3.83. The van der Waals surface area contributed by atoms with Gasteiger partial charge in [-0.2, -0.15) is 0 Å². The van der Waals surface area contributed by atoms with Gasteiger partial charge in [-0.25, -0.2) is 0 Å². The predicted molar refractivity (Wildman–Crippen MR) is 75.2 cm³/mol. The highest BCUT2D eigenvalue weighted by Gasteiger charge is 2.16. The molecule has 0 amide bonds. The molecule has 96 valence electrons. The van der Waals surface area contributed by atoms with Gasteiger partial charge in [0, 0.05) is 6.04 Å². The molecule has 0 aliphatic carbocycles. The fourth-order valence-electron chi connectivity index (χ4n) is 2.09. The van der Waals surface area contributed by atoms with Gasteiger partial charge in [0.2, 0.25) is 0 Å². The molecule has 1 aromatic carbocycles. The zero-order valence-electron chi connectivity index (χ0n) is 11.8. The minimum Gasteiger partial charge on any atom is -0.330 e. The summed E-state index contributed by atoms with van der Waals surface area (Å²) in [5.41, 5.74) is 8.64. The van der Waals surface area contributed by atoms with Crippen LogP contribution < -0.4 is 5.73 Å². The van der Waals surface area contributed by atoms with Gasteiger partial charge in [0.1, 0.15) is 0 Å². The van der Waals surface area contributed by atoms with E-state index < -0.39 is 0 Å². The third-order valence-corrected chi connectivity index (χ3v) is 3.22. The lowest BCUT2D eigenvalue weighted by molar-refractivity contribution is 0.287. The van der Waals surface area contributed by atoms with Gasteiger partial charge in [0.25, 0.3) is 0 Å². The Bertz CT molecular complexity index is 333. The first-order valence-electron chi connectivity index (χ1n) is 6.33. The van der Waals surface area contributed by atoms with Gasteiger partial charge in [-0.3, -0.25) is 0 Å². The van der Waals surface area contributed by atoms with E-state index in [-0.39, 0.29) is 5.41 Å². The van der Waals surface area contributed by atoms with E-state index in [2.05, 4.69) is 64.0 Å². The van der Waals surface area contributed by atoms with Crippen LogP contribution >= 0.6 is 0 Å². The van der Waals surface area contributed by atoms with Crippen molar-refractivity contribution in [1.82, 2.24) is 4.90 Å². The van der Waals surface area contributed by atoms with E-state index in [4.69, 9.17) is 5.73 Å². The minimum absolute atomic E-state index is 0.222. The summed E-state index contributed by atoms with van der Waals surface area (Å²) in [6.07, 6.45) is 1.00. The van der Waals surface area contributed by atoms with Gasteiger partial charge in [0.05, 0.1) is 0 Å². The maximum absolute atomic E-state index is 5.68. The largest absolute Gasteiger partial charge is 0.330 e. The highest BCUT2D eigenvalue weighted by Crippen LogP contribution is 2.26. The van der Waals surface area contributed by atoms with E-state index in [1.54, 1.807) is 0 Å². The Labute approximate surface area is 106 Å². The molecule has 0 saturated heterocycles. The summed E-state index contributed by atoms with van der Waals surface area (Å²) in [5, 5.41) is 0. The standard InChI is InChI=1S/C15H26N2/c1-15(2,3)13-8-6-12(7-9-13)14(10-11-16)17(4)5/h6-9,14H,10-11,16H2,1-5H3. The Hall–Kier alpha value is -0.860. The molecule has 1 unspecified atom stereocenters. The number of nitrogens with zero attached hydrogens (tertiary/aromatic N) is 1. The van der Waals surface area contributed by atoms with Crippen LogP contribution in [-0.4, -0.2) is 25.5 Å². The highest BCUT2D eigenvalue weighted by atomic mass is 15.1. The molecule has 0 aliphatic heterocycles. The van der Waals surface area contributed by atoms with Gasteiger partial charge in [-0.15, -0.1) is 0 Å². The first-order chi connectivity index (χ1) is 7.86. The van der Waals surface area contributed by atoms with Crippen LogP contribution in [0.2, 0.25) is 0 Å². The molecule has 0 spiro atoms. The fraction of sp³-hybridized carbons (Fsp3) is 0.600. The average Bonchev–Trinajstić information content (AvgIpc) is 2.24. The second-order valence-electron chi connectivity index (χ2n) is 5.93. The van der Waals surface area contributed by atoms with Crippen molar-refractivity contribution in [2.75, 3.05) is 20.6 Å². The van der Waals surface area contributed by atoms with Crippen LogP contribution in [0.5, 0.6) is 0 Å². The zero-order valence-corrected chi connectivity index (χ0v) is 11.8. The van der Waals surface area contributed by atoms with E-state index in [0.717, 1.165) is 13.0 Å². The first kappa shape index (κ1) is 14.2. The topological polar surface area (TPSA) is 29.3 Å². The Balaban J connectivity index is 2.92. The molecule has 2 N–H and O–H groups in total. The lowest BCUT2D eigenvalue weighted by Crippen LogP contribution is -2.23. The molecular weight excluding hydrogens is 208 g/mol. The lowest BCUT2D eigenvalue weighted by atomic mass is 9.86. The van der Waals surface area contributed by atoms with Crippen molar-refractivity contribution in [2.24, 2.45) is 5.73 Å². The van der Waals surface area contributed by atoms with Crippen LogP contribution in [0.4, 0.5) is 0 Å². The van der Waals surface area contributed by atoms with Crippen LogP contribution in [0.15, 0.2) is 24.3 Å². The molecule has 0 heterocycles. The highest BCUT2D eigenvalue weighted by molar-refractivity contribution is 5.29. The Morgan fingerprint density at radius 2 is 1.65 bits per heavy atom. The van der Waals surface area contributed by atoms with Crippen molar-refractivity contribution in [2.45, 2.75) is 38.6 Å². The molecule has 0 saturated carbocycles. The summed E-state index contributed by atoms with van der Waals surface area (Å²) in [4.78, 5) is 2.24. The summed E-state index contributed by atoms with van der Waals surface area (Å²) in [7, 11) is 4.22. The Kier molecular flexibility index (Phi) is 4.72. The molecule has 0 aliphatic rings. The van der Waals surface area contributed by atoms with Gasteiger partial charge in [-0.05, 0) is 43.6 Å². The zero-order chi connectivity index (χ0) is 13.1. The molecular formula is C15H26N2. The maximum Gasteiger partial charge on any atom is 0.0354 e. The van der Waals surface area contributed by atoms with Crippen LogP contribution in [0.25, 0.3) is 0 Å². The summed E-state index contributed by atoms with van der Waals surface area (Å²) in [5.74, 6) is 0. The maximum atomic E-state index is 5.68. The van der Waals surface area contributed by atoms with Gasteiger partial charge in [0.15, 0.2) is 0 Å². The monoisotopic (exact) mass is 234 g/mol. The summed E-state index contributed by atoms with van der Waals surface area (Å²) in [6.45, 7) is 7.45. The summed E-state index contributed by atoms with van der Waals surface area (Å²) in [6, 6.07) is 9.38. The number of hydrogen-bond donors (Lipinski definition) is 1. The molecule has 1 rings (SSSR count). The van der Waals surface area contributed by atoms with Crippen molar-refractivity contribution in [3.05, 3.63) is 35.4 Å². The third-order valence-electron chi connectivity index (χ3n) is 3.22. The Morgan fingerprint density at radius 1 is 1.12 bits per heavy atom. The molecule has 1 atom stereocenters. The second-order valence-corrected chi connectivity index (χ2v) is 5.93. The number of hydrogen-bond acceptors (Lipinski definition) is 2. The van der Waals surface area contributed by atoms with Crippen molar-refractivity contribution >= 4 is 0 Å². The molecule has 0 fully saturated rings. The molecule has 2 nitrogen and oxygen atoms in total. The fourth-order valence-corrected chi connectivity index (χ4v) is 2.09. The first-order valence-corrected chi connectivity index (χ1v) is 6.33. The smallest absolute Gasteiger partial charge is 0.0354 e. The Morgan fingerprint density at radius 3 is 2.00 bits per heavy atom. The van der Waals surface area contributed by atoms with Crippen molar-refractivity contribution in [1.29, 1.82) is 0 Å². The summed E-state index contributed by atoms with van der Waals surface area (Å²) < 4.78 is 0. The van der Waals surface area contributed by atoms with E-state index in [1.807, 2.05) is 0 Å². The van der Waals surface area contributed by atoms with Crippen molar-refractivity contribution in [3.63, 3.8) is 0 Å². The van der Waals surface area contributed by atoms with Crippen molar-refractivity contribution in [3.8, 4) is 0 Å². The minimum atomic E-state index is 0.222. The van der Waals surface area contributed by atoms with Crippen LogP contribution in [0, 0.1) is 0 Å². The predicted octanol–water partition coefficient (Wildman–Crippen LogP) is 2.94. The molecule has 2 heteroatoms. The summed E-state index contributed by atoms with van der Waals surface area (Å²) >= 11 is 0. The van der Waals surface area contributed by atoms with E-state index in [1.165, 1.54) is 11.1 Å². The second kappa shape index (κ2) is 5.65. The lowest BCUT2D eigenvalue weighted by Gasteiger charge is -2.25. The molecule has 17 heavy (non-hydrogen) atoms. The van der Waals surface area contributed by atoms with E-state index in [0.29, 0.717) is 6.04 Å². The van der Waals surface area contributed by atoms with Gasteiger partial charge >= 0.3 is 0 Å². The SMILES string of the molecule is CN(C)C(CCN)c1ccc(C(C)(C)C)cc1. The van der Waals surface area contributed by atoms with Crippen molar-refractivity contribution < 1.29 is 0 Å². The molecule has 1 aromatic rings. The van der Waals surface area contributed by atoms with Crippen LogP contribution in [-0.2, 0) is 5.41 Å². The van der Waals surface area contributed by atoms with Gasteiger partial charge < -0.3 is 10.6 Å². The number of benzene rings is 1.